The Morgan fingerprint density at radius 1 is 1.28 bits per heavy atom. The number of pyridine rings is 1. The Morgan fingerprint density at radius 2 is 2.09 bits per heavy atom. The van der Waals surface area contributed by atoms with E-state index in [4.69, 9.17) is 11.6 Å². The smallest absolute Gasteiger partial charge is 0.378 e. The van der Waals surface area contributed by atoms with Crippen LogP contribution < -0.4 is 5.32 Å². The Morgan fingerprint density at radius 3 is 2.88 bits per heavy atom. The molecule has 4 rings (SSSR count). The number of fused-ring (bicyclic) bond motifs is 1. The molecule has 0 radical (unpaired) electrons. The van der Waals surface area contributed by atoms with Crippen LogP contribution in [0.1, 0.15) is 25.7 Å². The standard InChI is InChI=1S/C20H21ClF4N6O/c21-11-5-13-14(9-28-17(13)26-7-11)18-29-10-15(22)19(30-18)27-8-12-3-1-2-4-31(12)16(32)6-20(23,24)25/h5,7,9-10,12,16,32H,1-4,6,8H2,(H,26,28)(H,27,29,30)/t12-,16?/m1/s1. The number of nitrogens with one attached hydrogen (secondary N) is 2. The Kier molecular flexibility index (Phi) is 6.50. The normalized spacial score (nSPS) is 18.8. The van der Waals surface area contributed by atoms with Crippen molar-refractivity contribution in [3.8, 4) is 11.4 Å². The molecule has 32 heavy (non-hydrogen) atoms. The molecule has 0 amide bonds. The molecule has 1 fully saturated rings. The van der Waals surface area contributed by atoms with Gasteiger partial charge in [0.25, 0.3) is 0 Å². The number of rotatable bonds is 6. The molecule has 0 bridgehead atoms. The molecule has 1 saturated heterocycles. The van der Waals surface area contributed by atoms with Crippen molar-refractivity contribution in [2.24, 2.45) is 0 Å². The van der Waals surface area contributed by atoms with E-state index in [2.05, 4.69) is 25.3 Å². The second-order valence-corrected chi connectivity index (χ2v) is 8.15. The van der Waals surface area contributed by atoms with Crippen LogP contribution in [0.4, 0.5) is 23.4 Å². The lowest BCUT2D eigenvalue weighted by molar-refractivity contribution is -0.180. The first-order chi connectivity index (χ1) is 15.2. The van der Waals surface area contributed by atoms with Gasteiger partial charge in [-0.15, -0.1) is 0 Å². The number of alkyl halides is 3. The molecule has 172 valence electrons. The number of hydrogen-bond donors (Lipinski definition) is 3. The first-order valence-corrected chi connectivity index (χ1v) is 10.5. The fraction of sp³-hybridized carbons (Fsp3) is 0.450. The van der Waals surface area contributed by atoms with Crippen LogP contribution in [0.2, 0.25) is 5.02 Å². The summed E-state index contributed by atoms with van der Waals surface area (Å²) in [6.07, 6.45) is -1.19. The molecule has 0 saturated carbocycles. The van der Waals surface area contributed by atoms with Crippen molar-refractivity contribution in [3.05, 3.63) is 35.5 Å². The average Bonchev–Trinajstić information content (AvgIpc) is 3.15. The highest BCUT2D eigenvalue weighted by Crippen LogP contribution is 2.29. The van der Waals surface area contributed by atoms with E-state index in [9.17, 15) is 22.7 Å². The number of likely N-dealkylation sites (tertiary alicyclic amines) is 1. The number of piperidine rings is 1. The number of aliphatic hydroxyl groups excluding tert-OH is 1. The van der Waals surface area contributed by atoms with Crippen molar-refractivity contribution >= 4 is 28.5 Å². The van der Waals surface area contributed by atoms with Crippen molar-refractivity contribution in [2.45, 2.75) is 44.1 Å². The van der Waals surface area contributed by atoms with Crippen LogP contribution >= 0.6 is 11.6 Å². The van der Waals surface area contributed by atoms with Crippen molar-refractivity contribution in [3.63, 3.8) is 0 Å². The quantitative estimate of drug-likeness (QED) is 0.462. The third-order valence-corrected chi connectivity index (χ3v) is 5.66. The van der Waals surface area contributed by atoms with Gasteiger partial charge in [-0.3, -0.25) is 4.90 Å². The van der Waals surface area contributed by atoms with Crippen LogP contribution in [0.3, 0.4) is 0 Å². The molecular weight excluding hydrogens is 452 g/mol. The van der Waals surface area contributed by atoms with Gasteiger partial charge >= 0.3 is 6.18 Å². The molecule has 3 aromatic rings. The molecule has 3 aromatic heterocycles. The van der Waals surface area contributed by atoms with Gasteiger partial charge in [-0.2, -0.15) is 13.2 Å². The Labute approximate surface area is 185 Å². The summed E-state index contributed by atoms with van der Waals surface area (Å²) in [7, 11) is 0. The van der Waals surface area contributed by atoms with Gasteiger partial charge in [0.15, 0.2) is 17.5 Å². The van der Waals surface area contributed by atoms with Crippen LogP contribution in [-0.4, -0.2) is 61.5 Å². The van der Waals surface area contributed by atoms with Crippen molar-refractivity contribution in [1.29, 1.82) is 0 Å². The molecule has 7 nitrogen and oxygen atoms in total. The Balaban J connectivity index is 1.52. The molecule has 2 atom stereocenters. The summed E-state index contributed by atoms with van der Waals surface area (Å²) in [5.41, 5.74) is 1.15. The lowest BCUT2D eigenvalue weighted by Gasteiger charge is -2.39. The number of H-pyrrole nitrogens is 1. The van der Waals surface area contributed by atoms with E-state index in [0.29, 0.717) is 41.0 Å². The predicted molar refractivity (Wildman–Crippen MR) is 112 cm³/mol. The molecule has 4 heterocycles. The van der Waals surface area contributed by atoms with Crippen molar-refractivity contribution in [2.75, 3.05) is 18.4 Å². The number of aromatic nitrogens is 4. The van der Waals surface area contributed by atoms with Gasteiger partial charge in [0.05, 0.1) is 17.6 Å². The summed E-state index contributed by atoms with van der Waals surface area (Å²) in [6, 6.07) is 1.30. The van der Waals surface area contributed by atoms with Gasteiger partial charge in [-0.25, -0.2) is 19.3 Å². The lowest BCUT2D eigenvalue weighted by atomic mass is 10.0. The third-order valence-electron chi connectivity index (χ3n) is 5.46. The summed E-state index contributed by atoms with van der Waals surface area (Å²) in [4.78, 5) is 16.9. The highest BCUT2D eigenvalue weighted by Gasteiger charge is 2.37. The van der Waals surface area contributed by atoms with Gasteiger partial charge in [0, 0.05) is 42.5 Å². The van der Waals surface area contributed by atoms with E-state index in [1.807, 2.05) is 0 Å². The van der Waals surface area contributed by atoms with Crippen molar-refractivity contribution < 1.29 is 22.7 Å². The van der Waals surface area contributed by atoms with Gasteiger partial charge in [-0.05, 0) is 18.9 Å². The van der Waals surface area contributed by atoms with Crippen molar-refractivity contribution in [1.82, 2.24) is 24.8 Å². The number of nitrogens with zero attached hydrogens (tertiary/aromatic N) is 4. The fourth-order valence-electron chi connectivity index (χ4n) is 3.96. The maximum absolute atomic E-state index is 14.4. The minimum Gasteiger partial charge on any atom is -0.378 e. The molecule has 1 aliphatic heterocycles. The van der Waals surface area contributed by atoms with E-state index in [1.165, 1.54) is 11.1 Å². The first-order valence-electron chi connectivity index (χ1n) is 10.1. The van der Waals surface area contributed by atoms with Gasteiger partial charge in [0.2, 0.25) is 0 Å². The van der Waals surface area contributed by atoms with Gasteiger partial charge < -0.3 is 15.4 Å². The first kappa shape index (κ1) is 22.7. The lowest BCUT2D eigenvalue weighted by Crippen LogP contribution is -2.50. The minimum atomic E-state index is -4.47. The molecule has 0 aliphatic carbocycles. The zero-order chi connectivity index (χ0) is 22.9. The maximum Gasteiger partial charge on any atom is 0.392 e. The number of aromatic amines is 1. The second kappa shape index (κ2) is 9.16. The van der Waals surface area contributed by atoms with Crippen LogP contribution in [0, 0.1) is 5.82 Å². The van der Waals surface area contributed by atoms with Crippen LogP contribution in [0.5, 0.6) is 0 Å². The topological polar surface area (TPSA) is 90.0 Å². The Hall–Kier alpha value is -2.50. The summed E-state index contributed by atoms with van der Waals surface area (Å²) in [6.45, 7) is 0.466. The number of anilines is 1. The molecule has 0 spiro atoms. The van der Waals surface area contributed by atoms with Crippen LogP contribution in [0.25, 0.3) is 22.4 Å². The molecule has 3 N–H and O–H groups in total. The molecule has 1 aliphatic rings. The summed E-state index contributed by atoms with van der Waals surface area (Å²) in [5, 5.41) is 14.1. The van der Waals surface area contributed by atoms with E-state index in [1.54, 1.807) is 12.3 Å². The van der Waals surface area contributed by atoms with E-state index in [-0.39, 0.29) is 18.2 Å². The molecule has 12 heteroatoms. The highest BCUT2D eigenvalue weighted by molar-refractivity contribution is 6.31. The third kappa shape index (κ3) is 5.11. The van der Waals surface area contributed by atoms with Gasteiger partial charge in [-0.1, -0.05) is 18.0 Å². The predicted octanol–water partition coefficient (Wildman–Crippen LogP) is 4.35. The summed E-state index contributed by atoms with van der Waals surface area (Å²) >= 11 is 6.02. The second-order valence-electron chi connectivity index (χ2n) is 7.71. The molecular formula is C20H21ClF4N6O. The highest BCUT2D eigenvalue weighted by atomic mass is 35.5. The minimum absolute atomic E-state index is 0.0739. The van der Waals surface area contributed by atoms with E-state index < -0.39 is 30.7 Å². The molecule has 0 aromatic carbocycles. The average molecular weight is 473 g/mol. The number of hydrogen-bond acceptors (Lipinski definition) is 6. The fourth-order valence-corrected chi connectivity index (χ4v) is 4.11. The van der Waals surface area contributed by atoms with Gasteiger partial charge in [0.1, 0.15) is 11.9 Å². The zero-order valence-corrected chi connectivity index (χ0v) is 17.6. The largest absolute Gasteiger partial charge is 0.392 e. The number of halogens is 5. The monoisotopic (exact) mass is 472 g/mol. The summed E-state index contributed by atoms with van der Waals surface area (Å²) in [5.74, 6) is -0.528. The Bertz CT molecular complexity index is 1090. The van der Waals surface area contributed by atoms with Crippen LogP contribution in [0.15, 0.2) is 24.7 Å². The summed E-state index contributed by atoms with van der Waals surface area (Å²) < 4.78 is 52.5. The van der Waals surface area contributed by atoms with E-state index in [0.717, 1.165) is 12.6 Å². The van der Waals surface area contributed by atoms with E-state index >= 15 is 0 Å². The SMILES string of the molecule is OC(CC(F)(F)F)N1CCCC[C@@H]1CNc1nc(-c2c[nH]c3ncc(Cl)cc23)ncc1F. The zero-order valence-electron chi connectivity index (χ0n) is 16.8. The number of aliphatic hydroxyl groups is 1. The maximum atomic E-state index is 14.4. The molecule has 1 unspecified atom stereocenters. The van der Waals surface area contributed by atoms with Crippen LogP contribution in [-0.2, 0) is 0 Å².